The van der Waals surface area contributed by atoms with E-state index in [9.17, 15) is 4.79 Å². The molecule has 174 valence electrons. The molecule has 3 rings (SSSR count). The second-order valence-electron chi connectivity index (χ2n) is 7.92. The molecule has 8 heteroatoms. The maximum Gasteiger partial charge on any atom is 0.227 e. The predicted octanol–water partition coefficient (Wildman–Crippen LogP) is 3.32. The molecule has 1 aromatic rings. The summed E-state index contributed by atoms with van der Waals surface area (Å²) in [6.45, 7) is 8.49. The van der Waals surface area contributed by atoms with Gasteiger partial charge in [0.15, 0.2) is 5.96 Å². The largest absolute Gasteiger partial charge is 0.381 e. The highest BCUT2D eigenvalue weighted by Gasteiger charge is 2.21. The third kappa shape index (κ3) is 8.94. The molecule has 2 heterocycles. The zero-order chi connectivity index (χ0) is 21.0. The molecule has 1 aromatic carbocycles. The van der Waals surface area contributed by atoms with E-state index in [-0.39, 0.29) is 29.9 Å². The second-order valence-corrected chi connectivity index (χ2v) is 7.92. The van der Waals surface area contributed by atoms with Crippen LogP contribution < -0.4 is 15.5 Å². The van der Waals surface area contributed by atoms with Crippen LogP contribution in [0.25, 0.3) is 0 Å². The molecule has 0 bridgehead atoms. The number of carbonyl (C=O) groups is 1. The molecule has 2 aliphatic heterocycles. The number of anilines is 1. The standard InChI is InChI=1S/C23H36N4O3.HI/c1-2-24-23(25-12-4-14-30-18-20-10-15-29-16-11-20)26-17-19-6-8-21(9-7-19)27-13-3-5-22(27)28;/h6-9,20H,2-5,10-18H2,1H3,(H2,24,25,26);1H. The van der Waals surface area contributed by atoms with Gasteiger partial charge in [0, 0.05) is 58.2 Å². The summed E-state index contributed by atoms with van der Waals surface area (Å²) in [4.78, 5) is 18.4. The molecule has 2 aliphatic rings. The van der Waals surface area contributed by atoms with E-state index in [0.717, 1.165) is 89.0 Å². The Balaban J connectivity index is 0.00000341. The van der Waals surface area contributed by atoms with Gasteiger partial charge in [-0.3, -0.25) is 4.79 Å². The lowest BCUT2D eigenvalue weighted by molar-refractivity contribution is -0.117. The Morgan fingerprint density at radius 3 is 2.68 bits per heavy atom. The average Bonchev–Trinajstić information content (AvgIpc) is 3.21. The molecule has 0 aliphatic carbocycles. The fraction of sp³-hybridized carbons (Fsp3) is 0.652. The monoisotopic (exact) mass is 544 g/mol. The summed E-state index contributed by atoms with van der Waals surface area (Å²) < 4.78 is 11.2. The van der Waals surface area contributed by atoms with Crippen LogP contribution in [0.1, 0.15) is 44.6 Å². The third-order valence-corrected chi connectivity index (χ3v) is 5.54. The first-order valence-corrected chi connectivity index (χ1v) is 11.3. The number of ether oxygens (including phenoxy) is 2. The van der Waals surface area contributed by atoms with E-state index in [1.807, 2.05) is 17.0 Å². The minimum absolute atomic E-state index is 0. The van der Waals surface area contributed by atoms with E-state index < -0.39 is 0 Å². The minimum Gasteiger partial charge on any atom is -0.381 e. The van der Waals surface area contributed by atoms with Crippen molar-refractivity contribution in [2.45, 2.75) is 45.6 Å². The Morgan fingerprint density at radius 1 is 1.23 bits per heavy atom. The van der Waals surface area contributed by atoms with Crippen LogP contribution in [0, 0.1) is 5.92 Å². The lowest BCUT2D eigenvalue weighted by Crippen LogP contribution is -2.38. The molecule has 2 fully saturated rings. The zero-order valence-corrected chi connectivity index (χ0v) is 20.9. The smallest absolute Gasteiger partial charge is 0.227 e. The van der Waals surface area contributed by atoms with E-state index in [0.29, 0.717) is 18.9 Å². The summed E-state index contributed by atoms with van der Waals surface area (Å²) >= 11 is 0. The third-order valence-electron chi connectivity index (χ3n) is 5.54. The molecule has 2 N–H and O–H groups in total. The van der Waals surface area contributed by atoms with E-state index in [4.69, 9.17) is 9.47 Å². The Labute approximate surface area is 203 Å². The first-order valence-electron chi connectivity index (χ1n) is 11.3. The molecule has 1 amide bonds. The summed E-state index contributed by atoms with van der Waals surface area (Å²) in [5.41, 5.74) is 2.11. The van der Waals surface area contributed by atoms with Gasteiger partial charge >= 0.3 is 0 Å². The molecular weight excluding hydrogens is 507 g/mol. The van der Waals surface area contributed by atoms with Gasteiger partial charge in [-0.1, -0.05) is 12.1 Å². The Hall–Kier alpha value is -1.39. The lowest BCUT2D eigenvalue weighted by Gasteiger charge is -2.21. The summed E-state index contributed by atoms with van der Waals surface area (Å²) in [7, 11) is 0. The van der Waals surface area contributed by atoms with Crippen LogP contribution in [0.15, 0.2) is 29.3 Å². The van der Waals surface area contributed by atoms with Crippen molar-refractivity contribution in [3.63, 3.8) is 0 Å². The molecule has 0 saturated carbocycles. The molecule has 0 atom stereocenters. The normalized spacial score (nSPS) is 17.5. The maximum atomic E-state index is 11.9. The van der Waals surface area contributed by atoms with Crippen molar-refractivity contribution in [1.82, 2.24) is 10.6 Å². The summed E-state index contributed by atoms with van der Waals surface area (Å²) in [5, 5.41) is 6.67. The van der Waals surface area contributed by atoms with Gasteiger partial charge < -0.3 is 25.0 Å². The SMILES string of the molecule is CCNC(=NCc1ccc(N2CCCC2=O)cc1)NCCCOCC1CCOCC1.I. The summed E-state index contributed by atoms with van der Waals surface area (Å²) in [6.07, 6.45) is 4.79. The summed E-state index contributed by atoms with van der Waals surface area (Å²) in [6, 6.07) is 8.14. The van der Waals surface area contributed by atoms with Crippen LogP contribution >= 0.6 is 24.0 Å². The van der Waals surface area contributed by atoms with Gasteiger partial charge in [0.25, 0.3) is 0 Å². The molecule has 0 aromatic heterocycles. The Morgan fingerprint density at radius 2 is 2.00 bits per heavy atom. The highest BCUT2D eigenvalue weighted by molar-refractivity contribution is 14.0. The van der Waals surface area contributed by atoms with E-state index >= 15 is 0 Å². The van der Waals surface area contributed by atoms with Crippen LogP contribution in [-0.2, 0) is 20.8 Å². The van der Waals surface area contributed by atoms with Crippen LogP contribution in [0.4, 0.5) is 5.69 Å². The van der Waals surface area contributed by atoms with Crippen molar-refractivity contribution < 1.29 is 14.3 Å². The number of aliphatic imine (C=N–C) groups is 1. The molecular formula is C23H37IN4O3. The van der Waals surface area contributed by atoms with Gasteiger partial charge in [0.2, 0.25) is 5.91 Å². The molecule has 31 heavy (non-hydrogen) atoms. The number of hydrogen-bond acceptors (Lipinski definition) is 4. The molecule has 0 spiro atoms. The van der Waals surface area contributed by atoms with E-state index in [1.54, 1.807) is 0 Å². The van der Waals surface area contributed by atoms with E-state index in [1.165, 1.54) is 0 Å². The van der Waals surface area contributed by atoms with Crippen LogP contribution in [0.3, 0.4) is 0 Å². The molecule has 7 nitrogen and oxygen atoms in total. The van der Waals surface area contributed by atoms with E-state index in [2.05, 4.69) is 34.7 Å². The number of guanidine groups is 1. The second kappa shape index (κ2) is 14.6. The first kappa shape index (κ1) is 25.9. The van der Waals surface area contributed by atoms with Crippen molar-refractivity contribution >= 4 is 41.5 Å². The first-order chi connectivity index (χ1) is 14.8. The fourth-order valence-electron chi connectivity index (χ4n) is 3.76. The number of hydrogen-bond donors (Lipinski definition) is 2. The fourth-order valence-corrected chi connectivity index (χ4v) is 3.76. The average molecular weight is 544 g/mol. The van der Waals surface area contributed by atoms with Crippen LogP contribution in [0.2, 0.25) is 0 Å². The Kier molecular flexibility index (Phi) is 12.2. The number of halogens is 1. The van der Waals surface area contributed by atoms with Crippen molar-refractivity contribution in [3.05, 3.63) is 29.8 Å². The minimum atomic E-state index is 0. The number of rotatable bonds is 10. The van der Waals surface area contributed by atoms with Crippen molar-refractivity contribution in [3.8, 4) is 0 Å². The number of benzene rings is 1. The number of carbonyl (C=O) groups excluding carboxylic acids is 1. The highest BCUT2D eigenvalue weighted by Crippen LogP contribution is 2.21. The van der Waals surface area contributed by atoms with Crippen LogP contribution in [0.5, 0.6) is 0 Å². The molecule has 2 saturated heterocycles. The Bertz CT molecular complexity index is 678. The van der Waals surface area contributed by atoms with Gasteiger partial charge in [-0.05, 0) is 56.2 Å². The van der Waals surface area contributed by atoms with Gasteiger partial charge in [-0.25, -0.2) is 4.99 Å². The number of nitrogens with zero attached hydrogens (tertiary/aromatic N) is 2. The van der Waals surface area contributed by atoms with Gasteiger partial charge in [0.05, 0.1) is 6.54 Å². The van der Waals surface area contributed by atoms with Crippen molar-refractivity contribution in [2.75, 3.05) is 51.0 Å². The van der Waals surface area contributed by atoms with Gasteiger partial charge in [-0.15, -0.1) is 24.0 Å². The van der Waals surface area contributed by atoms with Crippen molar-refractivity contribution in [2.24, 2.45) is 10.9 Å². The highest BCUT2D eigenvalue weighted by atomic mass is 127. The van der Waals surface area contributed by atoms with Crippen molar-refractivity contribution in [1.29, 1.82) is 0 Å². The number of nitrogens with one attached hydrogen (secondary N) is 2. The lowest BCUT2D eigenvalue weighted by atomic mass is 10.0. The predicted molar refractivity (Wildman–Crippen MR) is 135 cm³/mol. The summed E-state index contributed by atoms with van der Waals surface area (Å²) in [5.74, 6) is 1.69. The molecule has 0 radical (unpaired) electrons. The topological polar surface area (TPSA) is 75.2 Å². The van der Waals surface area contributed by atoms with Gasteiger partial charge in [0.1, 0.15) is 0 Å². The number of amides is 1. The van der Waals surface area contributed by atoms with Crippen LogP contribution in [-0.4, -0.2) is 57.9 Å². The zero-order valence-electron chi connectivity index (χ0n) is 18.6. The molecule has 0 unspecified atom stereocenters. The van der Waals surface area contributed by atoms with Gasteiger partial charge in [-0.2, -0.15) is 0 Å². The quantitative estimate of drug-likeness (QED) is 0.205. The maximum absolute atomic E-state index is 11.9.